The van der Waals surface area contributed by atoms with E-state index in [0.717, 1.165) is 17.1 Å². The number of hydrogen-bond acceptors (Lipinski definition) is 4. The largest absolute Gasteiger partial charge is 0.351 e. The Bertz CT molecular complexity index is 806. The van der Waals surface area contributed by atoms with Gasteiger partial charge in [-0.15, -0.1) is 11.3 Å². The van der Waals surface area contributed by atoms with Crippen molar-refractivity contribution in [1.82, 2.24) is 14.9 Å². The minimum atomic E-state index is -0.300. The van der Waals surface area contributed by atoms with Gasteiger partial charge < -0.3 is 9.88 Å². The summed E-state index contributed by atoms with van der Waals surface area (Å²) in [6.45, 7) is 11.4. The smallest absolute Gasteiger partial charge is 0.263 e. The van der Waals surface area contributed by atoms with Crippen molar-refractivity contribution >= 4 is 17.2 Å². The highest BCUT2D eigenvalue weighted by Crippen LogP contribution is 2.19. The first-order valence-electron chi connectivity index (χ1n) is 9.22. The van der Waals surface area contributed by atoms with Crippen LogP contribution in [0.25, 0.3) is 0 Å². The lowest BCUT2D eigenvalue weighted by atomic mass is 10.1. The van der Waals surface area contributed by atoms with E-state index >= 15 is 0 Å². The molecular formula is C20H29N3O2S. The summed E-state index contributed by atoms with van der Waals surface area (Å²) in [6, 6.07) is 1.84. The summed E-state index contributed by atoms with van der Waals surface area (Å²) in [7, 11) is 0. The number of aryl methyl sites for hydroxylation is 2. The average Bonchev–Trinajstić information content (AvgIpc) is 3.03. The zero-order valence-electron chi connectivity index (χ0n) is 16.3. The van der Waals surface area contributed by atoms with E-state index < -0.39 is 0 Å². The molecule has 0 saturated heterocycles. The lowest BCUT2D eigenvalue weighted by molar-refractivity contribution is 0.0951. The molecule has 0 aliphatic carbocycles. The van der Waals surface area contributed by atoms with Crippen LogP contribution >= 0.6 is 11.3 Å². The average molecular weight is 376 g/mol. The molecule has 1 N–H and O–H groups in total. The van der Waals surface area contributed by atoms with E-state index in [4.69, 9.17) is 0 Å². The van der Waals surface area contributed by atoms with Gasteiger partial charge in [0.05, 0.1) is 10.7 Å². The molecule has 1 amide bonds. The quantitative estimate of drug-likeness (QED) is 0.764. The molecule has 0 radical (unpaired) electrons. The van der Waals surface area contributed by atoms with Gasteiger partial charge >= 0.3 is 0 Å². The Morgan fingerprint density at radius 3 is 2.65 bits per heavy atom. The Kier molecular flexibility index (Phi) is 7.14. The molecule has 0 fully saturated rings. The molecular weight excluding hydrogens is 346 g/mol. The van der Waals surface area contributed by atoms with Crippen LogP contribution < -0.4 is 10.9 Å². The number of amides is 1. The van der Waals surface area contributed by atoms with E-state index in [1.807, 2.05) is 11.4 Å². The molecule has 0 unspecified atom stereocenters. The lowest BCUT2D eigenvalue weighted by Gasteiger charge is -2.12. The number of rotatable bonds is 8. The van der Waals surface area contributed by atoms with Gasteiger partial charge in [0.2, 0.25) is 0 Å². The van der Waals surface area contributed by atoms with Crippen LogP contribution in [0.1, 0.15) is 66.7 Å². The summed E-state index contributed by atoms with van der Waals surface area (Å²) < 4.78 is 1.64. The van der Waals surface area contributed by atoms with Crippen molar-refractivity contribution in [3.05, 3.63) is 49.8 Å². The van der Waals surface area contributed by atoms with Crippen LogP contribution in [0, 0.1) is 12.8 Å². The number of carbonyl (C=O) groups excluding carboxylic acids is 1. The molecule has 5 nitrogen and oxygen atoms in total. The number of thiazole rings is 1. The summed E-state index contributed by atoms with van der Waals surface area (Å²) in [5, 5.41) is 6.02. The second-order valence-corrected chi connectivity index (χ2v) is 8.28. The number of nitrogens with one attached hydrogen (secondary N) is 1. The first-order chi connectivity index (χ1) is 12.3. The highest BCUT2D eigenvalue weighted by molar-refractivity contribution is 7.09. The van der Waals surface area contributed by atoms with Gasteiger partial charge in [0.1, 0.15) is 5.56 Å². The van der Waals surface area contributed by atoms with Gasteiger partial charge in [-0.2, -0.15) is 0 Å². The van der Waals surface area contributed by atoms with Gasteiger partial charge in [-0.05, 0) is 30.9 Å². The minimum absolute atomic E-state index is 0.209. The molecule has 2 rings (SSSR count). The summed E-state index contributed by atoms with van der Waals surface area (Å²) in [6.07, 6.45) is 3.36. The number of nitrogens with zero attached hydrogens (tertiary/aromatic N) is 2. The summed E-state index contributed by atoms with van der Waals surface area (Å²) in [5.41, 5.74) is 1.73. The second kappa shape index (κ2) is 9.12. The normalized spacial score (nSPS) is 11.3. The Morgan fingerprint density at radius 2 is 2.04 bits per heavy atom. The van der Waals surface area contributed by atoms with E-state index in [0.29, 0.717) is 36.9 Å². The van der Waals surface area contributed by atoms with E-state index in [-0.39, 0.29) is 17.0 Å². The summed E-state index contributed by atoms with van der Waals surface area (Å²) in [4.78, 5) is 29.8. The van der Waals surface area contributed by atoms with Crippen molar-refractivity contribution in [1.29, 1.82) is 0 Å². The first-order valence-corrected chi connectivity index (χ1v) is 10.1. The maximum Gasteiger partial charge on any atom is 0.263 e. The van der Waals surface area contributed by atoms with Crippen LogP contribution in [0.5, 0.6) is 0 Å². The van der Waals surface area contributed by atoms with Crippen LogP contribution in [0.15, 0.2) is 22.4 Å². The third kappa shape index (κ3) is 5.27. The maximum atomic E-state index is 12.6. The summed E-state index contributed by atoms with van der Waals surface area (Å²) in [5.74, 6) is 0.625. The monoisotopic (exact) mass is 375 g/mol. The van der Waals surface area contributed by atoms with Gasteiger partial charge in [0, 0.05) is 37.0 Å². The summed E-state index contributed by atoms with van der Waals surface area (Å²) >= 11 is 1.65. The fraction of sp³-hybridized carbons (Fsp3) is 0.550. The number of hydrogen-bond donors (Lipinski definition) is 1. The van der Waals surface area contributed by atoms with Crippen molar-refractivity contribution in [3.63, 3.8) is 0 Å². The van der Waals surface area contributed by atoms with Crippen LogP contribution in [0.2, 0.25) is 0 Å². The SMILES string of the molecule is Cc1ccn(CCC(C)C)c(=O)c1C(=O)NCCc1csc(C(C)C)n1. The van der Waals surface area contributed by atoms with Gasteiger partial charge in [-0.25, -0.2) is 4.98 Å². The fourth-order valence-electron chi connectivity index (χ4n) is 2.61. The topological polar surface area (TPSA) is 64.0 Å². The molecule has 0 aliphatic heterocycles. The number of aromatic nitrogens is 2. The zero-order valence-corrected chi connectivity index (χ0v) is 17.2. The maximum absolute atomic E-state index is 12.6. The predicted octanol–water partition coefficient (Wildman–Crippen LogP) is 3.76. The molecule has 0 spiro atoms. The van der Waals surface area contributed by atoms with Crippen LogP contribution in [0.3, 0.4) is 0 Å². The zero-order chi connectivity index (χ0) is 19.3. The molecule has 0 aromatic carbocycles. The van der Waals surface area contributed by atoms with E-state index in [1.165, 1.54) is 0 Å². The van der Waals surface area contributed by atoms with Crippen LogP contribution in [-0.2, 0) is 13.0 Å². The van der Waals surface area contributed by atoms with Gasteiger partial charge in [-0.1, -0.05) is 27.7 Å². The molecule has 2 aromatic heterocycles. The molecule has 26 heavy (non-hydrogen) atoms. The number of carbonyl (C=O) groups is 1. The van der Waals surface area contributed by atoms with Gasteiger partial charge in [0.25, 0.3) is 11.5 Å². The Balaban J connectivity index is 2.01. The Morgan fingerprint density at radius 1 is 1.31 bits per heavy atom. The molecule has 0 bridgehead atoms. The van der Waals surface area contributed by atoms with Gasteiger partial charge in [0.15, 0.2) is 0 Å². The molecule has 0 saturated carbocycles. The van der Waals surface area contributed by atoms with Crippen molar-refractivity contribution in [3.8, 4) is 0 Å². The molecule has 2 heterocycles. The third-order valence-electron chi connectivity index (χ3n) is 4.28. The van der Waals surface area contributed by atoms with E-state index in [9.17, 15) is 9.59 Å². The Labute approximate surface area is 159 Å². The van der Waals surface area contributed by atoms with Crippen molar-refractivity contribution in [2.75, 3.05) is 6.54 Å². The molecule has 142 valence electrons. The van der Waals surface area contributed by atoms with Crippen molar-refractivity contribution < 1.29 is 4.79 Å². The predicted molar refractivity (Wildman–Crippen MR) is 107 cm³/mol. The minimum Gasteiger partial charge on any atom is -0.351 e. The van der Waals surface area contributed by atoms with Crippen molar-refractivity contribution in [2.45, 2.75) is 59.9 Å². The highest BCUT2D eigenvalue weighted by atomic mass is 32.1. The van der Waals surface area contributed by atoms with Crippen LogP contribution in [0.4, 0.5) is 0 Å². The second-order valence-electron chi connectivity index (χ2n) is 7.39. The Hall–Kier alpha value is -1.95. The standard InChI is InChI=1S/C20H29N3O2S/c1-13(2)7-10-23-11-8-15(5)17(20(23)25)18(24)21-9-6-16-12-26-19(22-16)14(3)4/h8,11-14H,6-7,9-10H2,1-5H3,(H,21,24). The van der Waals surface area contributed by atoms with Gasteiger partial charge in [-0.3, -0.25) is 9.59 Å². The molecule has 6 heteroatoms. The number of pyridine rings is 1. The van der Waals surface area contributed by atoms with Crippen molar-refractivity contribution in [2.24, 2.45) is 5.92 Å². The molecule has 0 aliphatic rings. The van der Waals surface area contributed by atoms with Crippen LogP contribution in [-0.4, -0.2) is 22.0 Å². The fourth-order valence-corrected chi connectivity index (χ4v) is 3.48. The third-order valence-corrected chi connectivity index (χ3v) is 5.47. The lowest BCUT2D eigenvalue weighted by Crippen LogP contribution is -2.35. The first kappa shape index (κ1) is 20.4. The molecule has 2 aromatic rings. The highest BCUT2D eigenvalue weighted by Gasteiger charge is 2.16. The van der Waals surface area contributed by atoms with E-state index in [1.54, 1.807) is 29.0 Å². The van der Waals surface area contributed by atoms with E-state index in [2.05, 4.69) is 38.0 Å². The molecule has 0 atom stereocenters.